The number of ether oxygens (including phenoxy) is 1. The molecule has 0 radical (unpaired) electrons. The first-order chi connectivity index (χ1) is 15.1. The van der Waals surface area contributed by atoms with Crippen LogP contribution in [0.4, 0.5) is 5.69 Å². The molecule has 2 N–H and O–H groups in total. The van der Waals surface area contributed by atoms with Crippen molar-refractivity contribution in [1.29, 1.82) is 0 Å². The lowest BCUT2D eigenvalue weighted by Gasteiger charge is -2.19. The summed E-state index contributed by atoms with van der Waals surface area (Å²) in [5, 5.41) is 9.41. The number of hydrogen-bond donors (Lipinski definition) is 2. The normalized spacial score (nSPS) is 16.0. The first kappa shape index (κ1) is 18.8. The SMILES string of the molecule is CN1C(=O)[C@@H](NC(=O)c2n[nH]c(Cc3ccccc3)n2)COc2cc3ncoc3cc21. The maximum atomic E-state index is 12.9. The van der Waals surface area contributed by atoms with Crippen LogP contribution < -0.4 is 15.0 Å². The van der Waals surface area contributed by atoms with Gasteiger partial charge >= 0.3 is 0 Å². The minimum atomic E-state index is -0.903. The van der Waals surface area contributed by atoms with Gasteiger partial charge in [0.1, 0.15) is 29.7 Å². The summed E-state index contributed by atoms with van der Waals surface area (Å²) < 4.78 is 11.1. The first-order valence-corrected chi connectivity index (χ1v) is 9.62. The topological polar surface area (TPSA) is 126 Å². The Balaban J connectivity index is 1.31. The Morgan fingerprint density at radius 1 is 1.29 bits per heavy atom. The number of oxazole rings is 1. The summed E-state index contributed by atoms with van der Waals surface area (Å²) in [5.41, 5.74) is 2.73. The quantitative estimate of drug-likeness (QED) is 0.516. The van der Waals surface area contributed by atoms with Gasteiger partial charge in [-0.25, -0.2) is 9.97 Å². The third-order valence-corrected chi connectivity index (χ3v) is 5.06. The molecule has 0 aliphatic carbocycles. The lowest BCUT2D eigenvalue weighted by molar-refractivity contribution is -0.120. The van der Waals surface area contributed by atoms with Crippen LogP contribution in [0.5, 0.6) is 5.75 Å². The van der Waals surface area contributed by atoms with Gasteiger partial charge in [0.2, 0.25) is 5.82 Å². The Hall–Kier alpha value is -4.21. The summed E-state index contributed by atoms with van der Waals surface area (Å²) in [6.45, 7) is -0.0352. The van der Waals surface area contributed by atoms with Gasteiger partial charge in [0.15, 0.2) is 12.0 Å². The predicted octanol–water partition coefficient (Wildman–Crippen LogP) is 1.69. The van der Waals surface area contributed by atoms with E-state index in [-0.39, 0.29) is 18.3 Å². The molecule has 31 heavy (non-hydrogen) atoms. The fraction of sp³-hybridized carbons (Fsp3) is 0.190. The zero-order valence-corrected chi connectivity index (χ0v) is 16.5. The molecule has 5 rings (SSSR count). The van der Waals surface area contributed by atoms with Crippen LogP contribution in [0.3, 0.4) is 0 Å². The van der Waals surface area contributed by atoms with Crippen LogP contribution in [0, 0.1) is 0 Å². The molecule has 0 fully saturated rings. The lowest BCUT2D eigenvalue weighted by atomic mass is 10.1. The second-order valence-electron chi connectivity index (χ2n) is 7.14. The highest BCUT2D eigenvalue weighted by Gasteiger charge is 2.32. The average Bonchev–Trinajstić information content (AvgIpc) is 3.42. The number of carbonyl (C=O) groups is 2. The van der Waals surface area contributed by atoms with Crippen LogP contribution in [-0.4, -0.2) is 51.7 Å². The molecule has 0 spiro atoms. The number of anilines is 1. The van der Waals surface area contributed by atoms with E-state index in [0.29, 0.717) is 34.8 Å². The van der Waals surface area contributed by atoms with E-state index in [4.69, 9.17) is 9.15 Å². The summed E-state index contributed by atoms with van der Waals surface area (Å²) in [4.78, 5) is 35.4. The first-order valence-electron chi connectivity index (χ1n) is 9.62. The van der Waals surface area contributed by atoms with E-state index in [2.05, 4.69) is 25.5 Å². The number of H-pyrrole nitrogens is 1. The Bertz CT molecular complexity index is 1270. The predicted molar refractivity (Wildman–Crippen MR) is 110 cm³/mol. The highest BCUT2D eigenvalue weighted by atomic mass is 16.5. The lowest BCUT2D eigenvalue weighted by Crippen LogP contribution is -2.49. The van der Waals surface area contributed by atoms with E-state index in [9.17, 15) is 9.59 Å². The largest absolute Gasteiger partial charge is 0.489 e. The van der Waals surface area contributed by atoms with Gasteiger partial charge in [-0.05, 0) is 5.56 Å². The van der Waals surface area contributed by atoms with Crippen molar-refractivity contribution in [3.63, 3.8) is 0 Å². The third kappa shape index (κ3) is 3.59. The molecule has 1 aliphatic heterocycles. The summed E-state index contributed by atoms with van der Waals surface area (Å²) >= 11 is 0. The van der Waals surface area contributed by atoms with Gasteiger partial charge in [0, 0.05) is 25.6 Å². The number of hydrogen-bond acceptors (Lipinski definition) is 7. The van der Waals surface area contributed by atoms with Crippen molar-refractivity contribution in [2.45, 2.75) is 12.5 Å². The van der Waals surface area contributed by atoms with Crippen molar-refractivity contribution in [2.24, 2.45) is 0 Å². The fourth-order valence-corrected chi connectivity index (χ4v) is 3.44. The maximum absolute atomic E-state index is 12.9. The summed E-state index contributed by atoms with van der Waals surface area (Å²) in [5.74, 6) is 0.111. The second-order valence-corrected chi connectivity index (χ2v) is 7.14. The Morgan fingerprint density at radius 3 is 2.97 bits per heavy atom. The minimum absolute atomic E-state index is 0.0352. The second kappa shape index (κ2) is 7.56. The molecule has 2 aromatic heterocycles. The number of aromatic nitrogens is 4. The molecule has 0 unspecified atom stereocenters. The zero-order chi connectivity index (χ0) is 21.4. The Morgan fingerprint density at radius 2 is 2.13 bits per heavy atom. The minimum Gasteiger partial charge on any atom is -0.489 e. The molecule has 156 valence electrons. The molecular weight excluding hydrogens is 400 g/mol. The molecule has 2 amide bonds. The van der Waals surface area contributed by atoms with Crippen molar-refractivity contribution in [2.75, 3.05) is 18.6 Å². The van der Waals surface area contributed by atoms with Crippen molar-refractivity contribution in [3.05, 3.63) is 66.1 Å². The fourth-order valence-electron chi connectivity index (χ4n) is 3.44. The standard InChI is InChI=1S/C21H18N6O4/c1-27-15-9-16-13(22-11-31-16)8-17(15)30-10-14(21(27)29)23-20(28)19-24-18(25-26-19)7-12-5-3-2-4-6-12/h2-6,8-9,11,14H,7,10H2,1H3,(H,23,28)(H,24,25,26)/t14-/m0/s1. The van der Waals surface area contributed by atoms with Crippen molar-refractivity contribution in [1.82, 2.24) is 25.5 Å². The molecule has 0 bridgehead atoms. The van der Waals surface area contributed by atoms with Crippen LogP contribution in [0.25, 0.3) is 11.1 Å². The number of nitrogens with zero attached hydrogens (tertiary/aromatic N) is 4. The zero-order valence-electron chi connectivity index (χ0n) is 16.5. The van der Waals surface area contributed by atoms with Crippen molar-refractivity contribution in [3.8, 4) is 5.75 Å². The molecule has 0 saturated carbocycles. The average molecular weight is 418 g/mol. The smallest absolute Gasteiger partial charge is 0.291 e. The van der Waals surface area contributed by atoms with Crippen LogP contribution in [-0.2, 0) is 11.2 Å². The van der Waals surface area contributed by atoms with Gasteiger partial charge in [0.05, 0.1) is 5.69 Å². The molecule has 3 heterocycles. The molecule has 4 aromatic rings. The van der Waals surface area contributed by atoms with E-state index in [0.717, 1.165) is 5.56 Å². The monoisotopic (exact) mass is 418 g/mol. The number of aromatic amines is 1. The number of benzene rings is 2. The number of amides is 2. The van der Waals surface area contributed by atoms with E-state index in [1.165, 1.54) is 11.3 Å². The Kier molecular flexibility index (Phi) is 4.58. The highest BCUT2D eigenvalue weighted by molar-refractivity contribution is 6.03. The maximum Gasteiger partial charge on any atom is 0.291 e. The summed E-state index contributed by atoms with van der Waals surface area (Å²) in [7, 11) is 1.61. The highest BCUT2D eigenvalue weighted by Crippen LogP contribution is 2.34. The van der Waals surface area contributed by atoms with E-state index >= 15 is 0 Å². The number of fused-ring (bicyclic) bond motifs is 2. The van der Waals surface area contributed by atoms with Gasteiger partial charge < -0.3 is 19.4 Å². The molecule has 1 atom stereocenters. The van der Waals surface area contributed by atoms with Crippen LogP contribution >= 0.6 is 0 Å². The van der Waals surface area contributed by atoms with Crippen LogP contribution in [0.2, 0.25) is 0 Å². The molecule has 2 aromatic carbocycles. The van der Waals surface area contributed by atoms with Gasteiger partial charge in [-0.2, -0.15) is 0 Å². The van der Waals surface area contributed by atoms with E-state index in [1.54, 1.807) is 19.2 Å². The van der Waals surface area contributed by atoms with Gasteiger partial charge in [0.25, 0.3) is 11.8 Å². The number of likely N-dealkylation sites (N-methyl/N-ethyl adjacent to an activating group) is 1. The van der Waals surface area contributed by atoms with Gasteiger partial charge in [-0.3, -0.25) is 14.7 Å². The summed E-state index contributed by atoms with van der Waals surface area (Å²) in [6, 6.07) is 12.2. The molecule has 10 nitrogen and oxygen atoms in total. The van der Waals surface area contributed by atoms with Crippen molar-refractivity contribution >= 4 is 28.6 Å². The van der Waals surface area contributed by atoms with Crippen LogP contribution in [0.15, 0.2) is 53.3 Å². The third-order valence-electron chi connectivity index (χ3n) is 5.06. The molecule has 1 aliphatic rings. The molecule has 10 heteroatoms. The van der Waals surface area contributed by atoms with Gasteiger partial charge in [-0.1, -0.05) is 30.3 Å². The number of carbonyl (C=O) groups excluding carboxylic acids is 2. The van der Waals surface area contributed by atoms with Gasteiger partial charge in [-0.15, -0.1) is 5.10 Å². The molecule has 0 saturated heterocycles. The van der Waals surface area contributed by atoms with Crippen LogP contribution in [0.1, 0.15) is 22.0 Å². The number of rotatable bonds is 4. The molecular formula is C21H18N6O4. The number of nitrogens with one attached hydrogen (secondary N) is 2. The van der Waals surface area contributed by atoms with E-state index < -0.39 is 11.9 Å². The van der Waals surface area contributed by atoms with E-state index in [1.807, 2.05) is 30.3 Å². The Labute approximate surface area is 176 Å². The van der Waals surface area contributed by atoms with Crippen molar-refractivity contribution < 1.29 is 18.7 Å². The summed E-state index contributed by atoms with van der Waals surface area (Å²) in [6.07, 6.45) is 1.84.